The highest BCUT2D eigenvalue weighted by Crippen LogP contribution is 2.25. The second-order valence-corrected chi connectivity index (χ2v) is 7.82. The lowest BCUT2D eigenvalue weighted by molar-refractivity contribution is -0.118. The van der Waals surface area contributed by atoms with Gasteiger partial charge in [-0.15, -0.1) is 12.4 Å². The maximum Gasteiger partial charge on any atom is 0.241 e. The molecule has 1 aliphatic rings. The lowest BCUT2D eigenvalue weighted by Gasteiger charge is -2.16. The Morgan fingerprint density at radius 2 is 1.91 bits per heavy atom. The smallest absolute Gasteiger partial charge is 0.241 e. The number of amides is 1. The summed E-state index contributed by atoms with van der Waals surface area (Å²) in [5.74, 6) is -0.317. The van der Waals surface area contributed by atoms with Gasteiger partial charge in [-0.3, -0.25) is 4.79 Å². The number of anilines is 1. The van der Waals surface area contributed by atoms with Crippen molar-refractivity contribution < 1.29 is 13.2 Å². The Hall–Kier alpha value is -1.15. The number of benzene rings is 1. The normalized spacial score (nSPS) is 15.9. The Labute approximate surface area is 143 Å². The first kappa shape index (κ1) is 19.9. The van der Waals surface area contributed by atoms with Crippen LogP contribution in [0.15, 0.2) is 23.1 Å². The summed E-state index contributed by atoms with van der Waals surface area (Å²) in [4.78, 5) is 12.2. The molecule has 130 valence electrons. The van der Waals surface area contributed by atoms with Crippen molar-refractivity contribution in [2.24, 2.45) is 11.7 Å². The summed E-state index contributed by atoms with van der Waals surface area (Å²) in [6.45, 7) is 5.44. The molecular formula is C15H24ClN3O3S. The monoisotopic (exact) mass is 361 g/mol. The van der Waals surface area contributed by atoms with E-state index in [1.54, 1.807) is 19.1 Å². The molecule has 1 saturated carbocycles. The van der Waals surface area contributed by atoms with Gasteiger partial charge in [0, 0.05) is 11.7 Å². The average molecular weight is 362 g/mol. The van der Waals surface area contributed by atoms with Crippen molar-refractivity contribution >= 4 is 34.0 Å². The third-order valence-electron chi connectivity index (χ3n) is 3.67. The third kappa shape index (κ3) is 5.17. The van der Waals surface area contributed by atoms with Gasteiger partial charge < -0.3 is 11.1 Å². The van der Waals surface area contributed by atoms with Gasteiger partial charge in [-0.1, -0.05) is 19.9 Å². The maximum atomic E-state index is 12.3. The molecule has 0 radical (unpaired) electrons. The predicted molar refractivity (Wildman–Crippen MR) is 93.2 cm³/mol. The van der Waals surface area contributed by atoms with E-state index in [4.69, 9.17) is 5.73 Å². The van der Waals surface area contributed by atoms with Gasteiger partial charge in [0.05, 0.1) is 10.9 Å². The predicted octanol–water partition coefficient (Wildman–Crippen LogP) is 1.78. The van der Waals surface area contributed by atoms with Crippen molar-refractivity contribution in [2.45, 2.75) is 50.6 Å². The number of rotatable bonds is 6. The molecule has 4 N–H and O–H groups in total. The fourth-order valence-electron chi connectivity index (χ4n) is 1.98. The van der Waals surface area contributed by atoms with Crippen LogP contribution in [0.5, 0.6) is 0 Å². The number of carbonyl (C=O) groups is 1. The lowest BCUT2D eigenvalue weighted by Crippen LogP contribution is -2.39. The van der Waals surface area contributed by atoms with Crippen LogP contribution in [0.25, 0.3) is 0 Å². The molecule has 0 aromatic heterocycles. The van der Waals surface area contributed by atoms with Gasteiger partial charge >= 0.3 is 0 Å². The van der Waals surface area contributed by atoms with Crippen molar-refractivity contribution in [3.05, 3.63) is 23.8 Å². The quantitative estimate of drug-likeness (QED) is 0.718. The topological polar surface area (TPSA) is 101 Å². The summed E-state index contributed by atoms with van der Waals surface area (Å²) in [6.07, 6.45) is 1.75. The van der Waals surface area contributed by atoms with E-state index in [0.717, 1.165) is 12.8 Å². The van der Waals surface area contributed by atoms with E-state index in [-0.39, 0.29) is 35.2 Å². The van der Waals surface area contributed by atoms with E-state index in [1.165, 1.54) is 6.07 Å². The second kappa shape index (κ2) is 7.61. The van der Waals surface area contributed by atoms with E-state index in [1.807, 2.05) is 13.8 Å². The number of hydrogen-bond acceptors (Lipinski definition) is 4. The molecule has 0 aliphatic heterocycles. The molecule has 6 nitrogen and oxygen atoms in total. The van der Waals surface area contributed by atoms with Gasteiger partial charge in [0.25, 0.3) is 0 Å². The van der Waals surface area contributed by atoms with E-state index in [9.17, 15) is 13.2 Å². The summed E-state index contributed by atoms with van der Waals surface area (Å²) in [5, 5.41) is 2.68. The van der Waals surface area contributed by atoms with Crippen LogP contribution < -0.4 is 15.8 Å². The van der Waals surface area contributed by atoms with Crippen molar-refractivity contribution in [1.29, 1.82) is 0 Å². The van der Waals surface area contributed by atoms with Gasteiger partial charge in [-0.25, -0.2) is 13.1 Å². The van der Waals surface area contributed by atoms with Crippen LogP contribution >= 0.6 is 12.4 Å². The van der Waals surface area contributed by atoms with Crippen molar-refractivity contribution in [1.82, 2.24) is 4.72 Å². The Kier molecular flexibility index (Phi) is 6.59. The minimum atomic E-state index is -3.56. The highest BCUT2D eigenvalue weighted by atomic mass is 35.5. The van der Waals surface area contributed by atoms with Crippen LogP contribution in [-0.4, -0.2) is 26.4 Å². The van der Waals surface area contributed by atoms with E-state index in [2.05, 4.69) is 10.0 Å². The first-order valence-corrected chi connectivity index (χ1v) is 8.88. The molecule has 1 aromatic rings. The van der Waals surface area contributed by atoms with Crippen LogP contribution in [0.1, 0.15) is 32.3 Å². The summed E-state index contributed by atoms with van der Waals surface area (Å²) in [6, 6.07) is 4.24. The van der Waals surface area contributed by atoms with Gasteiger partial charge in [0.15, 0.2) is 0 Å². The lowest BCUT2D eigenvalue weighted by atomic mass is 10.0. The molecule has 1 aromatic carbocycles. The highest BCUT2D eigenvalue weighted by molar-refractivity contribution is 7.89. The standard InChI is InChI=1S/C15H23N3O3S.ClH/c1-9(2)14(16)15(19)17-12-5-4-10(3)13(8-12)22(20,21)18-11-6-7-11;/h4-5,8-9,11,14,18H,6-7,16H2,1-3H3,(H,17,19);1H/t14-;/m0./s1. The Morgan fingerprint density at radius 3 is 2.43 bits per heavy atom. The maximum absolute atomic E-state index is 12.3. The fraction of sp³-hybridized carbons (Fsp3) is 0.533. The van der Waals surface area contributed by atoms with Crippen LogP contribution in [0.4, 0.5) is 5.69 Å². The summed E-state index contributed by atoms with van der Waals surface area (Å²) >= 11 is 0. The molecule has 1 aliphatic carbocycles. The van der Waals surface area contributed by atoms with E-state index >= 15 is 0 Å². The van der Waals surface area contributed by atoms with Gasteiger partial charge in [-0.05, 0) is 43.4 Å². The van der Waals surface area contributed by atoms with Gasteiger partial charge in [0.1, 0.15) is 0 Å². The zero-order valence-electron chi connectivity index (χ0n) is 13.5. The Bertz CT molecular complexity index is 673. The molecule has 0 saturated heterocycles. The minimum absolute atomic E-state index is 0. The number of halogens is 1. The highest BCUT2D eigenvalue weighted by Gasteiger charge is 2.29. The second-order valence-electron chi connectivity index (χ2n) is 6.13. The summed E-state index contributed by atoms with van der Waals surface area (Å²) < 4.78 is 27.3. The minimum Gasteiger partial charge on any atom is -0.325 e. The molecule has 1 atom stereocenters. The first-order chi connectivity index (χ1) is 10.2. The van der Waals surface area contributed by atoms with Crippen molar-refractivity contribution in [3.8, 4) is 0 Å². The van der Waals surface area contributed by atoms with E-state index in [0.29, 0.717) is 11.3 Å². The third-order valence-corrected chi connectivity index (χ3v) is 5.33. The average Bonchev–Trinajstić information content (AvgIpc) is 3.22. The summed E-state index contributed by atoms with van der Waals surface area (Å²) in [5.41, 5.74) is 6.86. The largest absolute Gasteiger partial charge is 0.325 e. The van der Waals surface area contributed by atoms with Crippen LogP contribution in [-0.2, 0) is 14.8 Å². The van der Waals surface area contributed by atoms with Crippen LogP contribution in [0.3, 0.4) is 0 Å². The summed E-state index contributed by atoms with van der Waals surface area (Å²) in [7, 11) is -3.56. The molecule has 2 rings (SSSR count). The van der Waals surface area contributed by atoms with Crippen molar-refractivity contribution in [2.75, 3.05) is 5.32 Å². The van der Waals surface area contributed by atoms with Crippen LogP contribution in [0, 0.1) is 12.8 Å². The molecule has 0 bridgehead atoms. The Balaban J connectivity index is 0.00000264. The zero-order valence-corrected chi connectivity index (χ0v) is 15.1. The first-order valence-electron chi connectivity index (χ1n) is 7.40. The molecule has 0 unspecified atom stereocenters. The van der Waals surface area contributed by atoms with E-state index < -0.39 is 16.1 Å². The van der Waals surface area contributed by atoms with Crippen molar-refractivity contribution in [3.63, 3.8) is 0 Å². The van der Waals surface area contributed by atoms with Crippen LogP contribution in [0.2, 0.25) is 0 Å². The molecule has 1 amide bonds. The number of aryl methyl sites for hydroxylation is 1. The molecule has 23 heavy (non-hydrogen) atoms. The molecule has 0 heterocycles. The number of nitrogens with one attached hydrogen (secondary N) is 2. The zero-order chi connectivity index (χ0) is 16.5. The Morgan fingerprint density at radius 1 is 1.30 bits per heavy atom. The fourth-order valence-corrected chi connectivity index (χ4v) is 3.56. The van der Waals surface area contributed by atoms with Gasteiger partial charge in [-0.2, -0.15) is 0 Å². The van der Waals surface area contributed by atoms with Gasteiger partial charge in [0.2, 0.25) is 15.9 Å². The SMILES string of the molecule is Cc1ccc(NC(=O)[C@@H](N)C(C)C)cc1S(=O)(=O)NC1CC1.Cl. The molecule has 1 fully saturated rings. The number of nitrogens with two attached hydrogens (primary N) is 1. The number of hydrogen-bond donors (Lipinski definition) is 3. The number of carbonyl (C=O) groups excluding carboxylic acids is 1. The molecule has 8 heteroatoms. The molecule has 0 spiro atoms. The number of sulfonamides is 1. The molecular weight excluding hydrogens is 338 g/mol.